The molecule has 0 aliphatic carbocycles. The molecule has 0 aromatic heterocycles. The summed E-state index contributed by atoms with van der Waals surface area (Å²) in [7, 11) is 0. The summed E-state index contributed by atoms with van der Waals surface area (Å²) < 4.78 is 4.59. The van der Waals surface area contributed by atoms with Crippen molar-refractivity contribution in [3.8, 4) is 0 Å². The fourth-order valence-electron chi connectivity index (χ4n) is 0.228. The van der Waals surface area contributed by atoms with Crippen LogP contribution in [0.25, 0.3) is 5.53 Å². The van der Waals surface area contributed by atoms with Crippen molar-refractivity contribution < 1.29 is 9.53 Å². The molecule has 3 nitrogen and oxygen atoms in total. The molecule has 0 heterocycles. The third-order valence-electron chi connectivity index (χ3n) is 0.550. The molecular weight excluding hydrogens is 104 g/mol. The summed E-state index contributed by atoms with van der Waals surface area (Å²) in [6.45, 7) is 2.35. The second-order valence-corrected chi connectivity index (χ2v) is 1.12. The van der Waals surface area contributed by atoms with Crippen LogP contribution in [-0.4, -0.2) is 17.8 Å². The minimum atomic E-state index is 0.459. The lowest BCUT2D eigenvalue weighted by Gasteiger charge is -1.81. The molecule has 0 aromatic carbocycles. The van der Waals surface area contributed by atoms with E-state index in [1.54, 1.807) is 0 Å². The van der Waals surface area contributed by atoms with E-state index in [-0.39, 0.29) is 0 Å². The Labute approximate surface area is 48.2 Å². The molecule has 0 bridgehead atoms. The highest BCUT2D eigenvalue weighted by molar-refractivity contribution is 5.38. The SMILES string of the molecule is CC=CCOC=[N+]=[N-]. The second-order valence-electron chi connectivity index (χ2n) is 1.12. The lowest BCUT2D eigenvalue weighted by Crippen LogP contribution is -1.86. The molecule has 0 aromatic rings. The fourth-order valence-corrected chi connectivity index (χ4v) is 0.228. The molecule has 44 valence electrons. The highest BCUT2D eigenvalue weighted by atomic mass is 16.5. The van der Waals surface area contributed by atoms with Crippen molar-refractivity contribution in [1.82, 2.24) is 0 Å². The summed E-state index contributed by atoms with van der Waals surface area (Å²) in [4.78, 5) is 2.63. The highest BCUT2D eigenvalue weighted by Crippen LogP contribution is 1.69. The molecule has 0 saturated heterocycles. The first-order chi connectivity index (χ1) is 3.91. The molecule has 0 fully saturated rings. The molecule has 8 heavy (non-hydrogen) atoms. The van der Waals surface area contributed by atoms with Crippen molar-refractivity contribution in [3.05, 3.63) is 17.7 Å². The van der Waals surface area contributed by atoms with Crippen LogP contribution in [-0.2, 0) is 4.74 Å². The first-order valence-corrected chi connectivity index (χ1v) is 2.30. The number of hydrogen-bond donors (Lipinski definition) is 0. The Balaban J connectivity index is 3.05. The van der Waals surface area contributed by atoms with Gasteiger partial charge in [0.15, 0.2) is 0 Å². The van der Waals surface area contributed by atoms with Gasteiger partial charge >= 0.3 is 6.40 Å². The Morgan fingerprint density at radius 3 is 3.00 bits per heavy atom. The average Bonchev–Trinajstić information content (AvgIpc) is 1.81. The Bertz CT molecular complexity index is 114. The maximum atomic E-state index is 7.79. The van der Waals surface area contributed by atoms with E-state index in [4.69, 9.17) is 5.53 Å². The molecule has 0 saturated carbocycles. The normalized spacial score (nSPS) is 8.62. The quantitative estimate of drug-likeness (QED) is 0.133. The van der Waals surface area contributed by atoms with Crippen molar-refractivity contribution >= 4 is 6.40 Å². The van der Waals surface area contributed by atoms with Crippen LogP contribution in [0, 0.1) is 0 Å². The van der Waals surface area contributed by atoms with Gasteiger partial charge in [0.25, 0.3) is 0 Å². The molecule has 0 N–H and O–H groups in total. The smallest absolute Gasteiger partial charge is 0.434 e. The zero-order valence-electron chi connectivity index (χ0n) is 4.74. The van der Waals surface area contributed by atoms with Crippen LogP contribution in [0.2, 0.25) is 0 Å². The summed E-state index contributed by atoms with van der Waals surface area (Å²) in [5.41, 5.74) is 7.79. The minimum Gasteiger partial charge on any atom is -0.434 e. The monoisotopic (exact) mass is 112 g/mol. The summed E-state index contributed by atoms with van der Waals surface area (Å²) >= 11 is 0. The lowest BCUT2D eigenvalue weighted by atomic mass is 10.6. The summed E-state index contributed by atoms with van der Waals surface area (Å²) in [5, 5.41) is 0. The van der Waals surface area contributed by atoms with Gasteiger partial charge in [-0.05, 0) is 6.92 Å². The molecule has 0 unspecified atom stereocenters. The number of nitrogens with zero attached hydrogens (tertiary/aromatic N) is 2. The van der Waals surface area contributed by atoms with Crippen LogP contribution in [0.15, 0.2) is 12.2 Å². The lowest BCUT2D eigenvalue weighted by molar-refractivity contribution is -0.0251. The van der Waals surface area contributed by atoms with E-state index >= 15 is 0 Å². The molecule has 0 atom stereocenters. The van der Waals surface area contributed by atoms with Crippen molar-refractivity contribution in [2.24, 2.45) is 0 Å². The van der Waals surface area contributed by atoms with Gasteiger partial charge in [0.2, 0.25) is 0 Å². The van der Waals surface area contributed by atoms with E-state index in [0.717, 1.165) is 6.40 Å². The van der Waals surface area contributed by atoms with Gasteiger partial charge in [0.1, 0.15) is 6.61 Å². The Morgan fingerprint density at radius 2 is 2.50 bits per heavy atom. The predicted molar refractivity (Wildman–Crippen MR) is 30.4 cm³/mol. The Kier molecular flexibility index (Phi) is 5.12. The van der Waals surface area contributed by atoms with Crippen molar-refractivity contribution in [2.75, 3.05) is 6.61 Å². The van der Waals surface area contributed by atoms with Crippen LogP contribution in [0.4, 0.5) is 0 Å². The van der Waals surface area contributed by atoms with Gasteiger partial charge in [-0.3, -0.25) is 0 Å². The zero-order chi connectivity index (χ0) is 6.24. The van der Waals surface area contributed by atoms with E-state index in [0.29, 0.717) is 6.61 Å². The van der Waals surface area contributed by atoms with Crippen LogP contribution < -0.4 is 0 Å². The number of hydrogen-bond acceptors (Lipinski definition) is 1. The van der Waals surface area contributed by atoms with Gasteiger partial charge in [-0.2, -0.15) is 0 Å². The largest absolute Gasteiger partial charge is 0.438 e. The van der Waals surface area contributed by atoms with E-state index in [1.807, 2.05) is 19.1 Å². The number of rotatable bonds is 3. The van der Waals surface area contributed by atoms with Gasteiger partial charge in [-0.25, -0.2) is 0 Å². The van der Waals surface area contributed by atoms with Crippen LogP contribution in [0.3, 0.4) is 0 Å². The number of ether oxygens (including phenoxy) is 1. The van der Waals surface area contributed by atoms with Crippen molar-refractivity contribution in [1.29, 1.82) is 0 Å². The van der Waals surface area contributed by atoms with E-state index in [1.165, 1.54) is 0 Å². The Hall–Kier alpha value is -1.08. The molecule has 0 amide bonds. The van der Waals surface area contributed by atoms with Gasteiger partial charge in [-0.15, -0.1) is 4.79 Å². The van der Waals surface area contributed by atoms with Crippen LogP contribution in [0.1, 0.15) is 6.92 Å². The summed E-state index contributed by atoms with van der Waals surface area (Å²) in [5.74, 6) is 0. The standard InChI is InChI=1S/C5H8N2O/c1-2-3-4-8-5-7-6/h2-3,5H,4H2,1H3. The molecule has 0 aliphatic heterocycles. The molecule has 0 aliphatic rings. The maximum absolute atomic E-state index is 7.79. The number of allylic oxidation sites excluding steroid dienone is 1. The molecule has 0 spiro atoms. The van der Waals surface area contributed by atoms with Crippen molar-refractivity contribution in [2.45, 2.75) is 6.92 Å². The van der Waals surface area contributed by atoms with Gasteiger partial charge in [0.05, 0.1) is 0 Å². The first-order valence-electron chi connectivity index (χ1n) is 2.30. The second kappa shape index (κ2) is 5.92. The summed E-state index contributed by atoms with van der Waals surface area (Å²) in [6, 6.07) is 0. The average molecular weight is 112 g/mol. The first kappa shape index (κ1) is 6.92. The van der Waals surface area contributed by atoms with E-state index < -0.39 is 0 Å². The topological polar surface area (TPSA) is 45.6 Å². The molecule has 3 heteroatoms. The fraction of sp³-hybridized carbons (Fsp3) is 0.400. The maximum Gasteiger partial charge on any atom is 0.438 e. The third kappa shape index (κ3) is 4.92. The van der Waals surface area contributed by atoms with Crippen LogP contribution in [0.5, 0.6) is 0 Å². The van der Waals surface area contributed by atoms with Gasteiger partial charge < -0.3 is 10.3 Å². The minimum absolute atomic E-state index is 0.459. The van der Waals surface area contributed by atoms with Crippen molar-refractivity contribution in [3.63, 3.8) is 0 Å². The Morgan fingerprint density at radius 1 is 1.75 bits per heavy atom. The van der Waals surface area contributed by atoms with Gasteiger partial charge in [0, 0.05) is 0 Å². The zero-order valence-corrected chi connectivity index (χ0v) is 4.74. The van der Waals surface area contributed by atoms with E-state index in [9.17, 15) is 0 Å². The highest BCUT2D eigenvalue weighted by Gasteiger charge is 1.73. The predicted octanol–water partition coefficient (Wildman–Crippen LogP) is 0.837. The van der Waals surface area contributed by atoms with E-state index in [2.05, 4.69) is 9.53 Å². The van der Waals surface area contributed by atoms with Crippen LogP contribution >= 0.6 is 0 Å². The molecule has 0 rings (SSSR count). The molecular formula is C5H8N2O. The molecule has 0 radical (unpaired) electrons. The third-order valence-corrected chi connectivity index (χ3v) is 0.550. The van der Waals surface area contributed by atoms with Gasteiger partial charge in [-0.1, -0.05) is 12.2 Å². The summed E-state index contributed by atoms with van der Waals surface area (Å²) in [6.07, 6.45) is 4.65.